The number of aliphatic hydroxyl groups is 1. The maximum absolute atomic E-state index is 13.8. The molecule has 4 rings (SSSR count). The minimum Gasteiger partial charge on any atom is -0.496 e. The lowest BCUT2D eigenvalue weighted by Gasteiger charge is -2.45. The molecule has 1 aliphatic heterocycles. The van der Waals surface area contributed by atoms with Gasteiger partial charge in [0.2, 0.25) is 5.91 Å². The quantitative estimate of drug-likeness (QED) is 0.533. The van der Waals surface area contributed by atoms with Gasteiger partial charge < -0.3 is 14.7 Å². The summed E-state index contributed by atoms with van der Waals surface area (Å²) in [6, 6.07) is 15.4. The molecule has 0 radical (unpaired) electrons. The molecule has 0 spiro atoms. The van der Waals surface area contributed by atoms with Crippen LogP contribution in [0.3, 0.4) is 0 Å². The van der Waals surface area contributed by atoms with Gasteiger partial charge in [0.25, 0.3) is 0 Å². The Morgan fingerprint density at radius 1 is 1.15 bits per heavy atom. The number of rotatable bonds is 6. The average Bonchev–Trinajstić information content (AvgIpc) is 2.92. The summed E-state index contributed by atoms with van der Waals surface area (Å²) in [4.78, 5) is 20.8. The molecule has 0 bridgehead atoms. The van der Waals surface area contributed by atoms with Crippen LogP contribution in [0.4, 0.5) is 11.4 Å². The van der Waals surface area contributed by atoms with E-state index in [2.05, 4.69) is 20.8 Å². The molecule has 5 nitrogen and oxygen atoms in total. The first-order chi connectivity index (χ1) is 15.9. The van der Waals surface area contributed by atoms with E-state index in [1.165, 1.54) is 0 Å². The normalized spacial score (nSPS) is 23.7. The van der Waals surface area contributed by atoms with E-state index in [-0.39, 0.29) is 23.3 Å². The van der Waals surface area contributed by atoms with Gasteiger partial charge in [0.05, 0.1) is 30.6 Å². The second-order valence-electron chi connectivity index (χ2n) is 10.1. The number of hydrogen-bond acceptors (Lipinski definition) is 4. The number of aliphatic imine (C=N–C) groups is 1. The maximum Gasteiger partial charge on any atom is 0.227 e. The van der Waals surface area contributed by atoms with Crippen LogP contribution in [0.15, 0.2) is 53.5 Å². The van der Waals surface area contributed by atoms with Crippen LogP contribution in [0.5, 0.6) is 5.75 Å². The third-order valence-corrected chi connectivity index (χ3v) is 6.96. The standard InChI is InChI=1S/C28H36N2O3/c1-5-6-7-16-25(32)30-22-14-10-9-13-20(22)29-21-17-28(2,3)18-23(31)26(21)27(30)19-12-8-11-15-24(19)33-4/h8-15,23,26-27,31H,5-7,16-18H2,1-4H3/t23-,26-,27-/m0/s1. The minimum absolute atomic E-state index is 0.0602. The molecule has 0 aromatic heterocycles. The van der Waals surface area contributed by atoms with Gasteiger partial charge >= 0.3 is 0 Å². The van der Waals surface area contributed by atoms with E-state index in [1.807, 2.05) is 53.4 Å². The maximum atomic E-state index is 13.8. The van der Waals surface area contributed by atoms with Crippen molar-refractivity contribution >= 4 is 23.0 Å². The molecule has 1 heterocycles. The Hall–Kier alpha value is -2.66. The van der Waals surface area contributed by atoms with Gasteiger partial charge in [-0.05, 0) is 42.9 Å². The highest BCUT2D eigenvalue weighted by Crippen LogP contribution is 2.51. The Morgan fingerprint density at radius 2 is 1.88 bits per heavy atom. The van der Waals surface area contributed by atoms with E-state index >= 15 is 0 Å². The van der Waals surface area contributed by atoms with Crippen LogP contribution in [-0.2, 0) is 4.79 Å². The van der Waals surface area contributed by atoms with Crippen molar-refractivity contribution in [3.63, 3.8) is 0 Å². The zero-order valence-electron chi connectivity index (χ0n) is 20.3. The molecule has 2 aromatic rings. The molecule has 5 heteroatoms. The highest BCUT2D eigenvalue weighted by molar-refractivity contribution is 6.03. The molecule has 0 saturated heterocycles. The SMILES string of the molecule is CCCCCC(=O)N1c2ccccc2N=C2CC(C)(C)C[C@H](O)[C@H]2[C@@H]1c1ccccc1OC. The van der Waals surface area contributed by atoms with Crippen LogP contribution < -0.4 is 9.64 Å². The van der Waals surface area contributed by atoms with Crippen molar-refractivity contribution in [1.29, 1.82) is 0 Å². The topological polar surface area (TPSA) is 62.1 Å². The molecular weight excluding hydrogens is 412 g/mol. The number of carbonyl (C=O) groups is 1. The number of aliphatic hydroxyl groups excluding tert-OH is 1. The number of anilines is 1. The number of carbonyl (C=O) groups excluding carboxylic acids is 1. The van der Waals surface area contributed by atoms with E-state index in [4.69, 9.17) is 9.73 Å². The molecule has 1 amide bonds. The molecule has 33 heavy (non-hydrogen) atoms. The average molecular weight is 449 g/mol. The van der Waals surface area contributed by atoms with E-state index < -0.39 is 6.10 Å². The number of fused-ring (bicyclic) bond motifs is 2. The summed E-state index contributed by atoms with van der Waals surface area (Å²) in [5.41, 5.74) is 3.42. The lowest BCUT2D eigenvalue weighted by Crippen LogP contribution is -2.49. The van der Waals surface area contributed by atoms with Crippen molar-refractivity contribution < 1.29 is 14.6 Å². The van der Waals surface area contributed by atoms with E-state index in [1.54, 1.807) is 7.11 Å². The van der Waals surface area contributed by atoms with Crippen LogP contribution in [0.25, 0.3) is 0 Å². The summed E-state index contributed by atoms with van der Waals surface area (Å²) >= 11 is 0. The zero-order chi connectivity index (χ0) is 23.6. The fraction of sp³-hybridized carbons (Fsp3) is 0.500. The van der Waals surface area contributed by atoms with Crippen molar-refractivity contribution in [2.24, 2.45) is 16.3 Å². The Bertz CT molecular complexity index is 1030. The van der Waals surface area contributed by atoms with Gasteiger partial charge in [-0.1, -0.05) is 63.9 Å². The summed E-state index contributed by atoms with van der Waals surface area (Å²) in [5.74, 6) is 0.502. The fourth-order valence-corrected chi connectivity index (χ4v) is 5.51. The summed E-state index contributed by atoms with van der Waals surface area (Å²) < 4.78 is 5.75. The van der Waals surface area contributed by atoms with Crippen molar-refractivity contribution in [1.82, 2.24) is 0 Å². The predicted octanol–water partition coefficient (Wildman–Crippen LogP) is 6.23. The van der Waals surface area contributed by atoms with E-state index in [0.29, 0.717) is 12.8 Å². The fourth-order valence-electron chi connectivity index (χ4n) is 5.51. The highest BCUT2D eigenvalue weighted by Gasteiger charge is 2.48. The number of ether oxygens (including phenoxy) is 1. The lowest BCUT2D eigenvalue weighted by atomic mass is 9.67. The minimum atomic E-state index is -0.609. The second kappa shape index (κ2) is 9.68. The van der Waals surface area contributed by atoms with Crippen molar-refractivity contribution in [2.75, 3.05) is 12.0 Å². The number of hydrogen-bond donors (Lipinski definition) is 1. The van der Waals surface area contributed by atoms with Gasteiger partial charge in [-0.3, -0.25) is 9.79 Å². The van der Waals surface area contributed by atoms with Gasteiger partial charge in [0.15, 0.2) is 0 Å². The van der Waals surface area contributed by atoms with Crippen molar-refractivity contribution in [2.45, 2.75) is 71.4 Å². The Morgan fingerprint density at radius 3 is 2.64 bits per heavy atom. The molecule has 1 aliphatic carbocycles. The number of nitrogens with zero attached hydrogens (tertiary/aromatic N) is 2. The van der Waals surface area contributed by atoms with Gasteiger partial charge in [-0.15, -0.1) is 0 Å². The highest BCUT2D eigenvalue weighted by atomic mass is 16.5. The van der Waals surface area contributed by atoms with E-state index in [0.717, 1.165) is 54.1 Å². The summed E-state index contributed by atoms with van der Waals surface area (Å²) in [7, 11) is 1.66. The number of unbranched alkanes of at least 4 members (excludes halogenated alkanes) is 2. The van der Waals surface area contributed by atoms with Crippen LogP contribution >= 0.6 is 0 Å². The van der Waals surface area contributed by atoms with E-state index in [9.17, 15) is 9.90 Å². The summed E-state index contributed by atoms with van der Waals surface area (Å²) in [5, 5.41) is 11.5. The van der Waals surface area contributed by atoms with Crippen molar-refractivity contribution in [3.8, 4) is 5.75 Å². The Balaban J connectivity index is 1.92. The monoisotopic (exact) mass is 448 g/mol. The van der Waals surface area contributed by atoms with Gasteiger partial charge in [-0.25, -0.2) is 0 Å². The third-order valence-electron chi connectivity index (χ3n) is 6.96. The van der Waals surface area contributed by atoms with Crippen molar-refractivity contribution in [3.05, 3.63) is 54.1 Å². The first kappa shape index (κ1) is 23.5. The molecule has 1 saturated carbocycles. The zero-order valence-corrected chi connectivity index (χ0v) is 20.3. The Kier molecular flexibility index (Phi) is 6.89. The summed E-state index contributed by atoms with van der Waals surface area (Å²) in [6.45, 7) is 6.50. The third kappa shape index (κ3) is 4.70. The number of methoxy groups -OCH3 is 1. The molecule has 2 aromatic carbocycles. The number of para-hydroxylation sites is 3. The predicted molar refractivity (Wildman–Crippen MR) is 133 cm³/mol. The Labute approximate surface area is 197 Å². The van der Waals surface area contributed by atoms with Gasteiger partial charge in [0.1, 0.15) is 5.75 Å². The molecular formula is C28H36N2O3. The van der Waals surface area contributed by atoms with Crippen LogP contribution in [0.2, 0.25) is 0 Å². The first-order valence-electron chi connectivity index (χ1n) is 12.2. The molecule has 1 fully saturated rings. The van der Waals surface area contributed by atoms with Crippen LogP contribution in [-0.4, -0.2) is 29.9 Å². The first-order valence-corrected chi connectivity index (χ1v) is 12.2. The lowest BCUT2D eigenvalue weighted by molar-refractivity contribution is -0.119. The molecule has 0 unspecified atom stereocenters. The molecule has 1 N–H and O–H groups in total. The van der Waals surface area contributed by atoms with Crippen LogP contribution in [0.1, 0.15) is 70.9 Å². The molecule has 3 atom stereocenters. The van der Waals surface area contributed by atoms with Gasteiger partial charge in [0, 0.05) is 23.6 Å². The van der Waals surface area contributed by atoms with Crippen LogP contribution in [0, 0.1) is 11.3 Å². The molecule has 2 aliphatic rings. The van der Waals surface area contributed by atoms with Gasteiger partial charge in [-0.2, -0.15) is 0 Å². The molecule has 176 valence electrons. The number of benzene rings is 2. The number of amides is 1. The summed E-state index contributed by atoms with van der Waals surface area (Å²) in [6.07, 6.45) is 4.23. The smallest absolute Gasteiger partial charge is 0.227 e. The second-order valence-corrected chi connectivity index (χ2v) is 10.1. The largest absolute Gasteiger partial charge is 0.496 e.